The fourth-order valence-electron chi connectivity index (χ4n) is 2.21. The van der Waals surface area contributed by atoms with Gasteiger partial charge in [0.25, 0.3) is 0 Å². The number of aryl methyl sites for hydroxylation is 1. The number of rotatable bonds is 5. The fraction of sp³-hybridized carbons (Fsp3) is 0.538. The molecule has 6 heteroatoms. The van der Waals surface area contributed by atoms with Crippen LogP contribution in [-0.2, 0) is 14.8 Å². The molecule has 0 aliphatic carbocycles. The molecule has 0 radical (unpaired) electrons. The third kappa shape index (κ3) is 3.92. The number of ether oxygens (including phenoxy) is 2. The van der Waals surface area contributed by atoms with E-state index in [9.17, 15) is 8.42 Å². The third-order valence-electron chi connectivity index (χ3n) is 3.19. The molecule has 1 fully saturated rings. The second kappa shape index (κ2) is 5.90. The number of sulfonamides is 1. The minimum absolute atomic E-state index is 0.138. The summed E-state index contributed by atoms with van der Waals surface area (Å²) in [5.74, 6) is 0.655. The van der Waals surface area contributed by atoms with Crippen molar-refractivity contribution in [2.24, 2.45) is 5.14 Å². The molecule has 0 aromatic heterocycles. The van der Waals surface area contributed by atoms with E-state index in [1.807, 2.05) is 0 Å². The zero-order chi connectivity index (χ0) is 13.9. The largest absolute Gasteiger partial charge is 0.493 e. The molecule has 0 spiro atoms. The van der Waals surface area contributed by atoms with E-state index < -0.39 is 10.0 Å². The van der Waals surface area contributed by atoms with Gasteiger partial charge in [-0.3, -0.25) is 0 Å². The van der Waals surface area contributed by atoms with E-state index in [-0.39, 0.29) is 4.90 Å². The van der Waals surface area contributed by atoms with E-state index in [2.05, 4.69) is 0 Å². The van der Waals surface area contributed by atoms with Gasteiger partial charge in [-0.1, -0.05) is 0 Å². The van der Waals surface area contributed by atoms with Gasteiger partial charge in [-0.2, -0.15) is 0 Å². The minimum Gasteiger partial charge on any atom is -0.493 e. The standard InChI is InChI=1S/C13H19NO4S/c1-10-9-12(4-5-13(10)19(14,15)16)18-8-6-11-3-2-7-17-11/h4-5,9,11H,2-3,6-8H2,1H3,(H2,14,15,16). The summed E-state index contributed by atoms with van der Waals surface area (Å²) in [5.41, 5.74) is 0.595. The quantitative estimate of drug-likeness (QED) is 0.891. The Morgan fingerprint density at radius 1 is 1.47 bits per heavy atom. The predicted octanol–water partition coefficient (Wildman–Crippen LogP) is 1.59. The molecule has 0 bridgehead atoms. The average molecular weight is 285 g/mol. The highest BCUT2D eigenvalue weighted by Gasteiger charge is 2.15. The molecule has 5 nitrogen and oxygen atoms in total. The molecule has 1 aromatic rings. The van der Waals surface area contributed by atoms with E-state index in [0.717, 1.165) is 25.9 Å². The SMILES string of the molecule is Cc1cc(OCCC2CCCO2)ccc1S(N)(=O)=O. The lowest BCUT2D eigenvalue weighted by Crippen LogP contribution is -2.14. The monoisotopic (exact) mass is 285 g/mol. The number of primary sulfonamides is 1. The van der Waals surface area contributed by atoms with Crippen LogP contribution < -0.4 is 9.88 Å². The molecule has 0 saturated carbocycles. The molecular formula is C13H19NO4S. The van der Waals surface area contributed by atoms with Crippen molar-refractivity contribution in [1.29, 1.82) is 0 Å². The molecular weight excluding hydrogens is 266 g/mol. The van der Waals surface area contributed by atoms with Gasteiger partial charge < -0.3 is 9.47 Å². The van der Waals surface area contributed by atoms with Crippen molar-refractivity contribution in [3.63, 3.8) is 0 Å². The lowest BCUT2D eigenvalue weighted by molar-refractivity contribution is 0.0903. The Labute approximate surface area is 113 Å². The second-order valence-electron chi connectivity index (χ2n) is 4.74. The molecule has 1 heterocycles. The molecule has 1 aliphatic rings. The van der Waals surface area contributed by atoms with Gasteiger partial charge in [0, 0.05) is 13.0 Å². The highest BCUT2D eigenvalue weighted by molar-refractivity contribution is 7.89. The first-order valence-corrected chi connectivity index (χ1v) is 7.89. The number of hydrogen-bond acceptors (Lipinski definition) is 4. The van der Waals surface area contributed by atoms with Gasteiger partial charge in [-0.25, -0.2) is 13.6 Å². The lowest BCUT2D eigenvalue weighted by atomic mass is 10.2. The molecule has 19 heavy (non-hydrogen) atoms. The fourth-order valence-corrected chi connectivity index (χ4v) is 2.98. The Kier molecular flexibility index (Phi) is 4.44. The van der Waals surface area contributed by atoms with Gasteiger partial charge in [-0.05, 0) is 43.5 Å². The maximum atomic E-state index is 11.3. The van der Waals surface area contributed by atoms with Crippen molar-refractivity contribution >= 4 is 10.0 Å². The Morgan fingerprint density at radius 3 is 2.84 bits per heavy atom. The van der Waals surface area contributed by atoms with Crippen molar-refractivity contribution in [1.82, 2.24) is 0 Å². The molecule has 1 aliphatic heterocycles. The predicted molar refractivity (Wildman–Crippen MR) is 71.6 cm³/mol. The third-order valence-corrected chi connectivity index (χ3v) is 4.26. The van der Waals surface area contributed by atoms with Crippen LogP contribution in [0.3, 0.4) is 0 Å². The van der Waals surface area contributed by atoms with E-state index in [1.165, 1.54) is 6.07 Å². The summed E-state index contributed by atoms with van der Waals surface area (Å²) in [6.07, 6.45) is 3.36. The topological polar surface area (TPSA) is 78.6 Å². The normalized spacial score (nSPS) is 19.6. The van der Waals surface area contributed by atoms with Crippen molar-refractivity contribution in [2.75, 3.05) is 13.2 Å². The molecule has 0 amide bonds. The van der Waals surface area contributed by atoms with Crippen LogP contribution in [-0.4, -0.2) is 27.7 Å². The number of hydrogen-bond donors (Lipinski definition) is 1. The average Bonchev–Trinajstić information content (AvgIpc) is 2.80. The first kappa shape index (κ1) is 14.3. The van der Waals surface area contributed by atoms with E-state index in [1.54, 1.807) is 19.1 Å². The molecule has 1 atom stereocenters. The maximum absolute atomic E-state index is 11.3. The van der Waals surface area contributed by atoms with Crippen LogP contribution in [0.2, 0.25) is 0 Å². The lowest BCUT2D eigenvalue weighted by Gasteiger charge is -2.12. The van der Waals surface area contributed by atoms with Crippen LogP contribution in [0.15, 0.2) is 23.1 Å². The molecule has 2 N–H and O–H groups in total. The van der Waals surface area contributed by atoms with Crippen LogP contribution in [0.25, 0.3) is 0 Å². The first-order valence-electron chi connectivity index (χ1n) is 6.34. The Morgan fingerprint density at radius 2 is 2.26 bits per heavy atom. The Hall–Kier alpha value is -1.11. The minimum atomic E-state index is -3.66. The van der Waals surface area contributed by atoms with Crippen LogP contribution in [0.1, 0.15) is 24.8 Å². The van der Waals surface area contributed by atoms with Crippen molar-refractivity contribution in [2.45, 2.75) is 37.2 Å². The first-order chi connectivity index (χ1) is 8.97. The molecule has 2 rings (SSSR count). The summed E-state index contributed by atoms with van der Waals surface area (Å²) in [6.45, 7) is 3.11. The van der Waals surface area contributed by atoms with Gasteiger partial charge in [0.2, 0.25) is 10.0 Å². The number of benzene rings is 1. The molecule has 106 valence electrons. The van der Waals surface area contributed by atoms with E-state index in [0.29, 0.717) is 24.0 Å². The van der Waals surface area contributed by atoms with Gasteiger partial charge in [-0.15, -0.1) is 0 Å². The Bertz CT molecular complexity index is 536. The summed E-state index contributed by atoms with van der Waals surface area (Å²) in [7, 11) is -3.66. The molecule has 1 saturated heterocycles. The van der Waals surface area contributed by atoms with Crippen LogP contribution in [0, 0.1) is 6.92 Å². The number of nitrogens with two attached hydrogens (primary N) is 1. The summed E-state index contributed by atoms with van der Waals surface area (Å²) >= 11 is 0. The summed E-state index contributed by atoms with van der Waals surface area (Å²) in [5, 5.41) is 5.11. The summed E-state index contributed by atoms with van der Waals surface area (Å²) in [6, 6.07) is 4.80. The van der Waals surface area contributed by atoms with Crippen molar-refractivity contribution < 1.29 is 17.9 Å². The van der Waals surface area contributed by atoms with Gasteiger partial charge >= 0.3 is 0 Å². The van der Waals surface area contributed by atoms with E-state index in [4.69, 9.17) is 14.6 Å². The zero-order valence-electron chi connectivity index (χ0n) is 11.0. The van der Waals surface area contributed by atoms with Crippen LogP contribution >= 0.6 is 0 Å². The maximum Gasteiger partial charge on any atom is 0.238 e. The van der Waals surface area contributed by atoms with Crippen LogP contribution in [0.5, 0.6) is 5.75 Å². The highest BCUT2D eigenvalue weighted by Crippen LogP contribution is 2.21. The van der Waals surface area contributed by atoms with Gasteiger partial charge in [0.15, 0.2) is 0 Å². The smallest absolute Gasteiger partial charge is 0.238 e. The highest BCUT2D eigenvalue weighted by atomic mass is 32.2. The molecule has 1 aromatic carbocycles. The summed E-state index contributed by atoms with van der Waals surface area (Å²) < 4.78 is 33.7. The van der Waals surface area contributed by atoms with E-state index >= 15 is 0 Å². The Balaban J connectivity index is 1.92. The van der Waals surface area contributed by atoms with Gasteiger partial charge in [0.05, 0.1) is 17.6 Å². The van der Waals surface area contributed by atoms with Gasteiger partial charge in [0.1, 0.15) is 5.75 Å². The summed E-state index contributed by atoms with van der Waals surface area (Å²) in [4.78, 5) is 0.138. The molecule has 1 unspecified atom stereocenters. The van der Waals surface area contributed by atoms with Crippen LogP contribution in [0.4, 0.5) is 0 Å². The van der Waals surface area contributed by atoms with Crippen molar-refractivity contribution in [3.8, 4) is 5.75 Å². The second-order valence-corrected chi connectivity index (χ2v) is 6.27. The zero-order valence-corrected chi connectivity index (χ0v) is 11.8. The van der Waals surface area contributed by atoms with Crippen molar-refractivity contribution in [3.05, 3.63) is 23.8 Å².